The molecule has 8 heteroatoms. The first-order valence-corrected chi connectivity index (χ1v) is 10.9. The maximum atomic E-state index is 13.4. The van der Waals surface area contributed by atoms with Crippen LogP contribution in [-0.2, 0) is 11.3 Å². The van der Waals surface area contributed by atoms with E-state index in [1.54, 1.807) is 35.7 Å². The number of thiophene rings is 1. The number of nitrogens with zero attached hydrogens (tertiary/aromatic N) is 2. The highest BCUT2D eigenvalue weighted by Gasteiger charge is 2.19. The number of nitrogens with one attached hydrogen (secondary N) is 1. The zero-order valence-electron chi connectivity index (χ0n) is 17.2. The van der Waals surface area contributed by atoms with Gasteiger partial charge in [-0.25, -0.2) is 9.36 Å². The van der Waals surface area contributed by atoms with Gasteiger partial charge >= 0.3 is 5.69 Å². The molecule has 0 saturated carbocycles. The van der Waals surface area contributed by atoms with Crippen molar-refractivity contribution in [2.45, 2.75) is 27.3 Å². The van der Waals surface area contributed by atoms with Crippen molar-refractivity contribution >= 4 is 44.7 Å². The molecule has 4 rings (SSSR count). The van der Waals surface area contributed by atoms with E-state index in [0.29, 0.717) is 26.6 Å². The van der Waals surface area contributed by atoms with E-state index >= 15 is 0 Å². The fraction of sp³-hybridized carbons (Fsp3) is 0.174. The monoisotopic (exact) mass is 453 g/mol. The van der Waals surface area contributed by atoms with Gasteiger partial charge in [0.25, 0.3) is 5.56 Å². The van der Waals surface area contributed by atoms with Crippen LogP contribution in [0.25, 0.3) is 15.9 Å². The summed E-state index contributed by atoms with van der Waals surface area (Å²) in [5.41, 5.74) is 3.24. The zero-order chi connectivity index (χ0) is 22.3. The third-order valence-corrected chi connectivity index (χ3v) is 6.48. The average molecular weight is 454 g/mol. The van der Waals surface area contributed by atoms with Gasteiger partial charge in [0.05, 0.1) is 21.9 Å². The summed E-state index contributed by atoms with van der Waals surface area (Å²) in [6, 6.07) is 12.5. The Morgan fingerprint density at radius 2 is 1.87 bits per heavy atom. The summed E-state index contributed by atoms with van der Waals surface area (Å²) in [5.74, 6) is -0.411. The van der Waals surface area contributed by atoms with Gasteiger partial charge in [-0.3, -0.25) is 14.2 Å². The van der Waals surface area contributed by atoms with E-state index in [1.165, 1.54) is 15.9 Å². The number of hydrogen-bond donors (Lipinski definition) is 1. The van der Waals surface area contributed by atoms with Crippen LogP contribution in [0.2, 0.25) is 5.02 Å². The van der Waals surface area contributed by atoms with Crippen LogP contribution in [0.4, 0.5) is 5.69 Å². The zero-order valence-corrected chi connectivity index (χ0v) is 18.8. The van der Waals surface area contributed by atoms with Crippen molar-refractivity contribution < 1.29 is 4.79 Å². The number of rotatable bonds is 4. The number of benzene rings is 2. The second-order valence-electron chi connectivity index (χ2n) is 7.39. The summed E-state index contributed by atoms with van der Waals surface area (Å²) >= 11 is 7.46. The van der Waals surface area contributed by atoms with Crippen molar-refractivity contribution in [2.24, 2.45) is 0 Å². The summed E-state index contributed by atoms with van der Waals surface area (Å²) in [5, 5.41) is 4.91. The van der Waals surface area contributed by atoms with Crippen molar-refractivity contribution in [1.29, 1.82) is 0 Å². The second-order valence-corrected chi connectivity index (χ2v) is 8.72. The number of aromatic nitrogens is 2. The van der Waals surface area contributed by atoms with Gasteiger partial charge in [-0.15, -0.1) is 11.3 Å². The summed E-state index contributed by atoms with van der Waals surface area (Å²) in [6.07, 6.45) is 0. The molecule has 1 N–H and O–H groups in total. The number of carbonyl (C=O) groups is 1. The molecule has 0 saturated heterocycles. The van der Waals surface area contributed by atoms with E-state index in [2.05, 4.69) is 5.32 Å². The fourth-order valence-electron chi connectivity index (χ4n) is 3.49. The van der Waals surface area contributed by atoms with Crippen molar-refractivity contribution in [2.75, 3.05) is 5.32 Å². The third-order valence-electron chi connectivity index (χ3n) is 5.27. The highest BCUT2D eigenvalue weighted by Crippen LogP contribution is 2.23. The summed E-state index contributed by atoms with van der Waals surface area (Å²) < 4.78 is 2.89. The van der Waals surface area contributed by atoms with Crippen molar-refractivity contribution in [3.8, 4) is 5.69 Å². The first kappa shape index (κ1) is 21.1. The molecule has 6 nitrogen and oxygen atoms in total. The molecule has 0 aliphatic heterocycles. The minimum Gasteiger partial charge on any atom is -0.323 e. The number of anilines is 1. The fourth-order valence-corrected chi connectivity index (χ4v) is 4.59. The molecule has 2 aromatic carbocycles. The van der Waals surface area contributed by atoms with E-state index in [-0.39, 0.29) is 12.1 Å². The molecule has 2 heterocycles. The molecular formula is C23H20ClN3O3S. The first-order chi connectivity index (χ1) is 14.8. The summed E-state index contributed by atoms with van der Waals surface area (Å²) in [7, 11) is 0. The molecule has 158 valence electrons. The molecule has 0 unspecified atom stereocenters. The third kappa shape index (κ3) is 3.82. The lowest BCUT2D eigenvalue weighted by Gasteiger charge is -2.15. The molecule has 0 aliphatic carbocycles. The van der Waals surface area contributed by atoms with E-state index < -0.39 is 11.6 Å². The average Bonchev–Trinajstić information content (AvgIpc) is 3.21. The van der Waals surface area contributed by atoms with Crippen molar-refractivity contribution in [3.05, 3.63) is 90.4 Å². The molecule has 0 aliphatic rings. The molecule has 0 bridgehead atoms. The highest BCUT2D eigenvalue weighted by molar-refractivity contribution is 7.17. The van der Waals surface area contributed by atoms with Gasteiger partial charge < -0.3 is 5.32 Å². The van der Waals surface area contributed by atoms with Gasteiger partial charge in [-0.1, -0.05) is 29.8 Å². The van der Waals surface area contributed by atoms with Crippen molar-refractivity contribution in [3.63, 3.8) is 0 Å². The predicted octanol–water partition coefficient (Wildman–Crippen LogP) is 4.43. The SMILES string of the molecule is Cc1ccc(NC(=O)Cn2c(=O)n(-c3cccc(C)c3C)c(=O)c3sccc32)c(Cl)c1. The van der Waals surface area contributed by atoms with Crippen molar-refractivity contribution in [1.82, 2.24) is 9.13 Å². The first-order valence-electron chi connectivity index (χ1n) is 9.63. The van der Waals surface area contributed by atoms with Crippen LogP contribution in [0, 0.1) is 20.8 Å². The number of hydrogen-bond acceptors (Lipinski definition) is 4. The van der Waals surface area contributed by atoms with E-state index in [4.69, 9.17) is 11.6 Å². The Morgan fingerprint density at radius 3 is 2.61 bits per heavy atom. The maximum Gasteiger partial charge on any atom is 0.336 e. The van der Waals surface area contributed by atoms with Gasteiger partial charge in [-0.05, 0) is 67.1 Å². The normalized spacial score (nSPS) is 11.1. The Morgan fingerprint density at radius 1 is 1.10 bits per heavy atom. The molecule has 2 aromatic heterocycles. The molecular weight excluding hydrogens is 434 g/mol. The van der Waals surface area contributed by atoms with Crippen LogP contribution in [0.15, 0.2) is 57.4 Å². The van der Waals surface area contributed by atoms with Crippen LogP contribution < -0.4 is 16.6 Å². The van der Waals surface area contributed by atoms with Crippen LogP contribution >= 0.6 is 22.9 Å². The van der Waals surface area contributed by atoms with Gasteiger partial charge in [0.15, 0.2) is 0 Å². The maximum absolute atomic E-state index is 13.4. The second kappa shape index (κ2) is 8.17. The topological polar surface area (TPSA) is 73.1 Å². The Labute approximate surface area is 187 Å². The lowest BCUT2D eigenvalue weighted by atomic mass is 10.1. The number of fused-ring (bicyclic) bond motifs is 1. The molecule has 31 heavy (non-hydrogen) atoms. The number of carbonyl (C=O) groups excluding carboxylic acids is 1. The summed E-state index contributed by atoms with van der Waals surface area (Å²) in [6.45, 7) is 5.44. The highest BCUT2D eigenvalue weighted by atomic mass is 35.5. The van der Waals surface area contributed by atoms with Crippen LogP contribution in [0.3, 0.4) is 0 Å². The molecule has 0 radical (unpaired) electrons. The Kier molecular flexibility index (Phi) is 5.56. The minimum atomic E-state index is -0.560. The number of amides is 1. The Bertz CT molecular complexity index is 1450. The van der Waals surface area contributed by atoms with Gasteiger partial charge in [0, 0.05) is 0 Å². The largest absolute Gasteiger partial charge is 0.336 e. The van der Waals surface area contributed by atoms with Crippen LogP contribution in [0.1, 0.15) is 16.7 Å². The smallest absolute Gasteiger partial charge is 0.323 e. The lowest BCUT2D eigenvalue weighted by Crippen LogP contribution is -2.40. The van der Waals surface area contributed by atoms with E-state index in [0.717, 1.165) is 21.3 Å². The Balaban J connectivity index is 1.82. The van der Waals surface area contributed by atoms with Gasteiger partial charge in [-0.2, -0.15) is 0 Å². The van der Waals surface area contributed by atoms with E-state index in [9.17, 15) is 14.4 Å². The molecule has 1 amide bonds. The van der Waals surface area contributed by atoms with Gasteiger partial charge in [0.1, 0.15) is 11.2 Å². The Hall–Kier alpha value is -3.16. The van der Waals surface area contributed by atoms with Crippen LogP contribution in [-0.4, -0.2) is 15.0 Å². The molecule has 0 spiro atoms. The summed E-state index contributed by atoms with van der Waals surface area (Å²) in [4.78, 5) is 39.3. The lowest BCUT2D eigenvalue weighted by molar-refractivity contribution is -0.116. The quantitative estimate of drug-likeness (QED) is 0.496. The predicted molar refractivity (Wildman–Crippen MR) is 126 cm³/mol. The number of halogens is 1. The standard InChI is InChI=1S/C23H20ClN3O3S/c1-13-7-8-17(16(24)11-13)25-20(28)12-26-19-9-10-31-21(19)22(29)27(23(26)30)18-6-4-5-14(2)15(18)3/h4-11H,12H2,1-3H3,(H,25,28). The van der Waals surface area contributed by atoms with Crippen LogP contribution in [0.5, 0.6) is 0 Å². The molecule has 0 atom stereocenters. The number of aryl methyl sites for hydroxylation is 2. The molecule has 4 aromatic rings. The van der Waals surface area contributed by atoms with E-state index in [1.807, 2.05) is 32.9 Å². The molecule has 0 fully saturated rings. The van der Waals surface area contributed by atoms with Gasteiger partial charge in [0.2, 0.25) is 5.91 Å². The minimum absolute atomic E-state index is 0.249.